The third kappa shape index (κ3) is 7.58. The van der Waals surface area contributed by atoms with Crippen LogP contribution in [0.1, 0.15) is 36.8 Å². The summed E-state index contributed by atoms with van der Waals surface area (Å²) in [4.78, 5) is 9.46. The van der Waals surface area contributed by atoms with Crippen LogP contribution in [0.25, 0.3) is 10.9 Å². The molecule has 0 spiro atoms. The van der Waals surface area contributed by atoms with E-state index in [1.807, 2.05) is 18.3 Å². The lowest BCUT2D eigenvalue weighted by Gasteiger charge is -2.41. The molecule has 228 valence electrons. The Bertz CT molecular complexity index is 1350. The number of aliphatic hydroxyl groups is 1. The van der Waals surface area contributed by atoms with Crippen molar-refractivity contribution in [2.75, 3.05) is 65.4 Å². The van der Waals surface area contributed by atoms with Crippen molar-refractivity contribution in [3.63, 3.8) is 0 Å². The topological polar surface area (TPSA) is 58.1 Å². The van der Waals surface area contributed by atoms with E-state index in [0.29, 0.717) is 18.4 Å². The molecule has 3 aromatic rings. The van der Waals surface area contributed by atoms with Crippen molar-refractivity contribution in [2.24, 2.45) is 5.41 Å². The van der Waals surface area contributed by atoms with E-state index in [-0.39, 0.29) is 16.9 Å². The minimum Gasteiger partial charge on any atom is -0.497 e. The molecule has 2 aliphatic heterocycles. The number of pyridine rings is 1. The number of hydrogen-bond acceptors (Lipinski definition) is 7. The molecule has 42 heavy (non-hydrogen) atoms. The Balaban J connectivity index is 1.19. The van der Waals surface area contributed by atoms with Crippen molar-refractivity contribution in [2.45, 2.75) is 43.5 Å². The molecule has 3 heterocycles. The van der Waals surface area contributed by atoms with Gasteiger partial charge in [0.1, 0.15) is 11.6 Å². The molecule has 2 aromatic carbocycles. The zero-order valence-electron chi connectivity index (χ0n) is 24.2. The first-order chi connectivity index (χ1) is 20.4. The van der Waals surface area contributed by atoms with Crippen LogP contribution in [0, 0.1) is 22.9 Å². The average molecular weight is 604 g/mol. The summed E-state index contributed by atoms with van der Waals surface area (Å²) in [7, 11) is 1.68. The zero-order valence-corrected chi connectivity index (χ0v) is 25.0. The first-order valence-corrected chi connectivity index (χ1v) is 15.7. The maximum Gasteiger partial charge on any atom is 0.172 e. The fraction of sp³-hybridized carbons (Fsp3) is 0.531. The molecule has 5 rings (SSSR count). The van der Waals surface area contributed by atoms with Gasteiger partial charge in [-0.1, -0.05) is 0 Å². The number of hydrogen-bond donors (Lipinski definition) is 1. The Hall–Kier alpha value is -2.37. The minimum absolute atomic E-state index is 0.00320. The summed E-state index contributed by atoms with van der Waals surface area (Å²) in [6, 6.07) is 7.66. The van der Waals surface area contributed by atoms with Gasteiger partial charge in [0.2, 0.25) is 0 Å². The molecule has 0 atom stereocenters. The molecule has 1 N–H and O–H groups in total. The van der Waals surface area contributed by atoms with Crippen LogP contribution < -0.4 is 4.74 Å². The highest BCUT2D eigenvalue weighted by molar-refractivity contribution is 7.99. The average Bonchev–Trinajstić information content (AvgIpc) is 3.01. The smallest absolute Gasteiger partial charge is 0.172 e. The predicted octanol–water partition coefficient (Wildman–Crippen LogP) is 5.68. The van der Waals surface area contributed by atoms with E-state index in [4.69, 9.17) is 14.5 Å². The van der Waals surface area contributed by atoms with Crippen molar-refractivity contribution >= 4 is 22.7 Å². The van der Waals surface area contributed by atoms with Gasteiger partial charge in [-0.3, -0.25) is 9.88 Å². The molecule has 0 amide bonds. The first kappa shape index (κ1) is 31.1. The molecular formula is C32H40F3N3O3S. The zero-order chi connectivity index (χ0) is 29.5. The van der Waals surface area contributed by atoms with Crippen LogP contribution in [0.4, 0.5) is 13.2 Å². The van der Waals surface area contributed by atoms with E-state index in [0.717, 1.165) is 113 Å². The summed E-state index contributed by atoms with van der Waals surface area (Å²) in [6.45, 7) is 6.66. The Morgan fingerprint density at radius 1 is 1.05 bits per heavy atom. The molecule has 2 aliphatic rings. The number of piperidine rings is 1. The summed E-state index contributed by atoms with van der Waals surface area (Å²) >= 11 is 1.13. The third-order valence-electron chi connectivity index (χ3n) is 8.78. The second-order valence-electron chi connectivity index (χ2n) is 11.4. The van der Waals surface area contributed by atoms with Crippen molar-refractivity contribution in [1.82, 2.24) is 14.8 Å². The van der Waals surface area contributed by atoms with Crippen molar-refractivity contribution < 1.29 is 27.8 Å². The van der Waals surface area contributed by atoms with E-state index >= 15 is 0 Å². The highest BCUT2D eigenvalue weighted by Crippen LogP contribution is 2.37. The summed E-state index contributed by atoms with van der Waals surface area (Å²) in [5.74, 6) is -1.56. The van der Waals surface area contributed by atoms with Gasteiger partial charge in [-0.05, 0) is 86.0 Å². The number of aliphatic hydroxyl groups excluding tert-OH is 1. The van der Waals surface area contributed by atoms with E-state index in [1.54, 1.807) is 7.11 Å². The Morgan fingerprint density at radius 3 is 2.57 bits per heavy atom. The lowest BCUT2D eigenvalue weighted by Crippen LogP contribution is -2.42. The van der Waals surface area contributed by atoms with Gasteiger partial charge in [-0.2, -0.15) is 0 Å². The number of likely N-dealkylation sites (tertiary alicyclic amines) is 1. The van der Waals surface area contributed by atoms with E-state index in [1.165, 1.54) is 11.1 Å². The molecular weight excluding hydrogens is 563 g/mol. The Morgan fingerprint density at radius 2 is 1.83 bits per heavy atom. The summed E-state index contributed by atoms with van der Waals surface area (Å²) in [5, 5.41) is 11.6. The minimum atomic E-state index is -1.16. The van der Waals surface area contributed by atoms with E-state index in [2.05, 4.69) is 15.9 Å². The van der Waals surface area contributed by atoms with Gasteiger partial charge in [0.25, 0.3) is 0 Å². The van der Waals surface area contributed by atoms with Crippen LogP contribution >= 0.6 is 11.8 Å². The molecule has 1 aromatic heterocycles. The number of fused-ring (bicyclic) bond motifs is 1. The van der Waals surface area contributed by atoms with Crippen molar-refractivity contribution in [3.8, 4) is 5.75 Å². The van der Waals surface area contributed by atoms with Gasteiger partial charge < -0.3 is 19.5 Å². The maximum absolute atomic E-state index is 14.0. The summed E-state index contributed by atoms with van der Waals surface area (Å²) in [6.07, 6.45) is 6.54. The largest absolute Gasteiger partial charge is 0.497 e. The number of rotatable bonds is 12. The van der Waals surface area contributed by atoms with Crippen molar-refractivity contribution in [3.05, 3.63) is 65.1 Å². The molecule has 0 aliphatic carbocycles. The number of aromatic nitrogens is 1. The standard InChI is InChI=1S/C32H40F3N3O3S/c1-40-25-4-5-29-27(19-25)26(23(20-36-29)21-38-11-14-41-15-12-38)3-2-6-32(22-39)7-9-37(10-8-32)13-16-42-30-18-24(33)17-28(34)31(30)35/h4-5,17-20,39H,2-3,6-16,21-22H2,1H3. The normalized spacial score (nSPS) is 18.0. The van der Waals surface area contributed by atoms with Crippen LogP contribution in [0.15, 0.2) is 41.4 Å². The molecule has 2 saturated heterocycles. The summed E-state index contributed by atoms with van der Waals surface area (Å²) < 4.78 is 52.1. The molecule has 10 heteroatoms. The SMILES string of the molecule is COc1ccc2ncc(CN3CCOCC3)c(CCCC3(CO)CCN(CCSc4cc(F)cc(F)c4F)CC3)c2c1. The molecule has 0 unspecified atom stereocenters. The number of ether oxygens (including phenoxy) is 2. The molecule has 2 fully saturated rings. The highest BCUT2D eigenvalue weighted by atomic mass is 32.2. The number of halogens is 3. The first-order valence-electron chi connectivity index (χ1n) is 14.7. The van der Waals surface area contributed by atoms with Crippen LogP contribution in [0.2, 0.25) is 0 Å². The number of thioether (sulfide) groups is 1. The second kappa shape index (κ2) is 14.4. The third-order valence-corrected chi connectivity index (χ3v) is 9.78. The van der Waals surface area contributed by atoms with Gasteiger partial charge in [0.15, 0.2) is 11.6 Å². The Kier molecular flexibility index (Phi) is 10.7. The lowest BCUT2D eigenvalue weighted by atomic mass is 9.75. The van der Waals surface area contributed by atoms with Gasteiger partial charge in [-0.25, -0.2) is 13.2 Å². The quantitative estimate of drug-likeness (QED) is 0.211. The van der Waals surface area contributed by atoms with Crippen LogP contribution in [-0.4, -0.2) is 85.3 Å². The Labute approximate surface area is 250 Å². The van der Waals surface area contributed by atoms with Crippen LogP contribution in [-0.2, 0) is 17.7 Å². The number of morpholine rings is 1. The van der Waals surface area contributed by atoms with Crippen LogP contribution in [0.5, 0.6) is 5.75 Å². The number of nitrogens with zero attached hydrogens (tertiary/aromatic N) is 3. The molecule has 0 saturated carbocycles. The van der Waals surface area contributed by atoms with Gasteiger partial charge in [-0.15, -0.1) is 11.8 Å². The summed E-state index contributed by atoms with van der Waals surface area (Å²) in [5.41, 5.74) is 3.36. The highest BCUT2D eigenvalue weighted by Gasteiger charge is 2.33. The second-order valence-corrected chi connectivity index (χ2v) is 12.6. The van der Waals surface area contributed by atoms with E-state index in [9.17, 15) is 18.3 Å². The fourth-order valence-electron chi connectivity index (χ4n) is 6.13. The van der Waals surface area contributed by atoms with E-state index < -0.39 is 17.5 Å². The number of methoxy groups -OCH3 is 1. The molecule has 0 radical (unpaired) electrons. The van der Waals surface area contributed by atoms with Gasteiger partial charge >= 0.3 is 0 Å². The fourth-order valence-corrected chi connectivity index (χ4v) is 7.12. The molecule has 0 bridgehead atoms. The monoisotopic (exact) mass is 603 g/mol. The maximum atomic E-state index is 14.0. The van der Waals surface area contributed by atoms with Gasteiger partial charge in [0.05, 0.1) is 25.8 Å². The van der Waals surface area contributed by atoms with Gasteiger partial charge in [0, 0.05) is 61.1 Å². The number of benzene rings is 2. The number of aryl methyl sites for hydroxylation is 1. The molecule has 6 nitrogen and oxygen atoms in total. The predicted molar refractivity (Wildman–Crippen MR) is 160 cm³/mol. The van der Waals surface area contributed by atoms with Crippen LogP contribution in [0.3, 0.4) is 0 Å². The lowest BCUT2D eigenvalue weighted by molar-refractivity contribution is 0.0338. The van der Waals surface area contributed by atoms with Crippen molar-refractivity contribution in [1.29, 1.82) is 0 Å².